The van der Waals surface area contributed by atoms with E-state index in [-0.39, 0.29) is 0 Å². The van der Waals surface area contributed by atoms with Crippen LogP contribution in [0.15, 0.2) is 85.5 Å². The molecule has 0 spiro atoms. The quantitative estimate of drug-likeness (QED) is 0.0679. The summed E-state index contributed by atoms with van der Waals surface area (Å²) in [6.45, 7) is 17.7. The predicted octanol–water partition coefficient (Wildman–Crippen LogP) is 8.60. The van der Waals surface area contributed by atoms with Crippen molar-refractivity contribution in [1.82, 2.24) is 19.9 Å². The second kappa shape index (κ2) is 19.6. The van der Waals surface area contributed by atoms with Crippen molar-refractivity contribution in [2.45, 2.75) is 77.6 Å². The fourth-order valence-electron chi connectivity index (χ4n) is 5.28. The minimum atomic E-state index is -2.01. The molecule has 47 heavy (non-hydrogen) atoms. The van der Waals surface area contributed by atoms with Gasteiger partial charge in [-0.05, 0) is 68.9 Å². The number of aromatic nitrogens is 4. The zero-order valence-electron chi connectivity index (χ0n) is 28.0. The van der Waals surface area contributed by atoms with Gasteiger partial charge in [-0.3, -0.25) is 19.9 Å². The zero-order chi connectivity index (χ0) is 35.0. The molecule has 0 fully saturated rings. The van der Waals surface area contributed by atoms with Crippen LogP contribution in [-0.2, 0) is 25.0 Å². The van der Waals surface area contributed by atoms with Crippen molar-refractivity contribution >= 4 is 47.3 Å². The summed E-state index contributed by atoms with van der Waals surface area (Å²) in [4.78, 5) is 17.8. The van der Waals surface area contributed by atoms with Gasteiger partial charge in [0.1, 0.15) is 0 Å². The van der Waals surface area contributed by atoms with Crippen molar-refractivity contribution < 1.29 is 25.0 Å². The van der Waals surface area contributed by atoms with E-state index in [2.05, 4.69) is 94.6 Å². The summed E-state index contributed by atoms with van der Waals surface area (Å²) in [5.41, 5.74) is 5.51. The Kier molecular flexibility index (Phi) is 16.7. The Morgan fingerprint density at radius 2 is 0.894 bits per heavy atom. The van der Waals surface area contributed by atoms with Crippen LogP contribution in [0.4, 0.5) is 0 Å². The maximum atomic E-state index is 7.65. The molecule has 0 saturated carbocycles. The Bertz CT molecular complexity index is 1430. The Labute approximate surface area is 299 Å². The molecule has 8 nitrogen and oxygen atoms in total. The van der Waals surface area contributed by atoms with Gasteiger partial charge in [0.05, 0.1) is 22.8 Å². The maximum absolute atomic E-state index is 7.65. The van der Waals surface area contributed by atoms with E-state index in [9.17, 15) is 0 Å². The summed E-state index contributed by atoms with van der Waals surface area (Å²) in [5, 5.41) is 17.7. The first-order valence-corrected chi connectivity index (χ1v) is 23.0. The molecule has 0 saturated heterocycles. The molecule has 4 aromatic rings. The Morgan fingerprint density at radius 3 is 1.13 bits per heavy atom. The van der Waals surface area contributed by atoms with Crippen LogP contribution in [0.1, 0.15) is 55.4 Å². The fraction of sp³-hybridized carbons (Fsp3) is 0.353. The predicted molar refractivity (Wildman–Crippen MR) is 191 cm³/mol. The number of hydrogen-bond acceptors (Lipinski definition) is 8. The van der Waals surface area contributed by atoms with Gasteiger partial charge in [0.2, 0.25) is 0 Å². The van der Waals surface area contributed by atoms with Crippen molar-refractivity contribution in [2.24, 2.45) is 0 Å². The number of nitriles is 2. The molecule has 0 aromatic carbocycles. The van der Waals surface area contributed by atoms with Gasteiger partial charge >= 0.3 is 48.0 Å². The van der Waals surface area contributed by atoms with Gasteiger partial charge in [0, 0.05) is 24.8 Å². The van der Waals surface area contributed by atoms with E-state index in [4.69, 9.17) is 32.7 Å². The van der Waals surface area contributed by atoms with Gasteiger partial charge in [-0.2, -0.15) is 22.2 Å². The number of pyridine rings is 4. The van der Waals surface area contributed by atoms with Crippen LogP contribution in [0.2, 0.25) is 22.2 Å². The summed E-state index contributed by atoms with van der Waals surface area (Å²) in [7, 11) is -4.03. The third kappa shape index (κ3) is 10.9. The molecule has 4 heterocycles. The van der Waals surface area contributed by atoms with Crippen LogP contribution in [0.25, 0.3) is 22.8 Å². The second-order valence-corrected chi connectivity index (χ2v) is 25.4. The van der Waals surface area contributed by atoms with E-state index in [1.54, 1.807) is 12.4 Å². The van der Waals surface area contributed by atoms with E-state index in [1.165, 1.54) is 22.9 Å². The van der Waals surface area contributed by atoms with E-state index in [0.29, 0.717) is 22.2 Å². The average molecular weight is 795 g/mol. The number of halogens is 2. The first-order chi connectivity index (χ1) is 22.3. The average Bonchev–Trinajstić information content (AvgIpc) is 3.09. The van der Waals surface area contributed by atoms with Gasteiger partial charge < -0.3 is 0 Å². The summed E-state index contributed by atoms with van der Waals surface area (Å²) < 4.78 is 8.05. The van der Waals surface area contributed by atoms with Crippen molar-refractivity contribution in [3.8, 4) is 35.3 Å². The van der Waals surface area contributed by atoms with Gasteiger partial charge in [-0.1, -0.05) is 79.7 Å². The summed E-state index contributed by atoms with van der Waals surface area (Å²) in [6.07, 6.45) is 10.2. The molecule has 0 bridgehead atoms. The molecule has 4 aromatic heterocycles. The molecule has 0 aliphatic carbocycles. The SMILES string of the molecule is CC(C)[Si](Cl)(c1ccc(-c2ccccn2)nc1)C(C)C.CC(C)[Si](Cl)(c1ccc(-c2ccccn2)nc1)C(C)C.N#C[O][Ru][O]C#N. The van der Waals surface area contributed by atoms with Gasteiger partial charge in [-0.25, -0.2) is 0 Å². The molecule has 0 radical (unpaired) electrons. The Hall–Kier alpha value is -3.18. The zero-order valence-corrected chi connectivity index (χ0v) is 33.3. The number of nitrogens with zero attached hydrogens (tertiary/aromatic N) is 6. The monoisotopic (exact) mass is 794 g/mol. The molecule has 0 amide bonds. The van der Waals surface area contributed by atoms with Crippen LogP contribution in [0.5, 0.6) is 0 Å². The van der Waals surface area contributed by atoms with Crippen molar-refractivity contribution in [2.75, 3.05) is 0 Å². The number of rotatable bonds is 10. The molecule has 0 unspecified atom stereocenters. The summed E-state index contributed by atoms with van der Waals surface area (Å²) >= 11 is 13.1. The van der Waals surface area contributed by atoms with Crippen molar-refractivity contribution in [1.29, 1.82) is 10.5 Å². The molecule has 0 N–H and O–H groups in total. The second-order valence-electron chi connectivity index (χ2n) is 11.8. The van der Waals surface area contributed by atoms with Crippen molar-refractivity contribution in [3.63, 3.8) is 0 Å². The van der Waals surface area contributed by atoms with E-state index < -0.39 is 32.6 Å². The molecule has 13 heteroatoms. The van der Waals surface area contributed by atoms with E-state index in [1.807, 2.05) is 60.9 Å². The van der Waals surface area contributed by atoms with E-state index in [0.717, 1.165) is 22.8 Å². The third-order valence-corrected chi connectivity index (χ3v) is 24.0. The standard InChI is InChI=1S/2C16H21ClN2Si.2CHNO.Ru/c2*1-12(2)20(17,13(3)4)14-8-9-16(19-11-14)15-7-5-6-10-18-15;2*2-1-3;/h2*5-13H,1-4H3;2*3H;/q;;;;+2/p-2. The van der Waals surface area contributed by atoms with Gasteiger partial charge in [-0.15, -0.1) is 0 Å². The Balaban J connectivity index is 0.000000273. The van der Waals surface area contributed by atoms with Crippen LogP contribution in [0.3, 0.4) is 0 Å². The molecule has 0 aliphatic rings. The fourth-order valence-corrected chi connectivity index (χ4v) is 12.7. The third-order valence-electron chi connectivity index (χ3n) is 7.75. The Morgan fingerprint density at radius 1 is 0.553 bits per heavy atom. The molecular formula is C34H42Cl2N6O2RuSi2. The topological polar surface area (TPSA) is 118 Å². The molecule has 250 valence electrons. The van der Waals surface area contributed by atoms with E-state index >= 15 is 0 Å². The van der Waals surface area contributed by atoms with Gasteiger partial charge in [0.15, 0.2) is 14.8 Å². The normalized spacial score (nSPS) is 11.2. The summed E-state index contributed by atoms with van der Waals surface area (Å²) in [6, 6.07) is 20.0. The molecule has 0 atom stereocenters. The minimum absolute atomic E-state index is 0.478. The number of hydrogen-bond donors (Lipinski definition) is 0. The molecular weight excluding hydrogens is 753 g/mol. The first-order valence-electron chi connectivity index (χ1n) is 15.2. The van der Waals surface area contributed by atoms with Crippen LogP contribution in [0, 0.1) is 23.0 Å². The molecule has 4 rings (SSSR count). The van der Waals surface area contributed by atoms with Crippen LogP contribution in [-0.4, -0.2) is 34.7 Å². The van der Waals surface area contributed by atoms with Crippen molar-refractivity contribution in [3.05, 3.63) is 85.5 Å². The summed E-state index contributed by atoms with van der Waals surface area (Å²) in [5.74, 6) is 0. The van der Waals surface area contributed by atoms with Gasteiger partial charge in [0.25, 0.3) is 0 Å². The van der Waals surface area contributed by atoms with Crippen LogP contribution >= 0.6 is 22.2 Å². The molecule has 0 aliphatic heterocycles. The van der Waals surface area contributed by atoms with Crippen LogP contribution < -0.4 is 10.4 Å². The first kappa shape index (κ1) is 40.0.